The maximum Gasteiger partial charge on any atom is 0.162 e. The minimum absolute atomic E-state index is 0.499. The Morgan fingerprint density at radius 3 is 2.94 bits per heavy atom. The van der Waals surface area contributed by atoms with Gasteiger partial charge in [0.05, 0.1) is 0 Å². The molecule has 0 saturated heterocycles. The molecule has 0 bridgehead atoms. The molecule has 3 aromatic rings. The third kappa shape index (κ3) is 1.44. The molecule has 2 N–H and O–H groups in total. The number of fused-ring (bicyclic) bond motifs is 1. The highest BCUT2D eigenvalue weighted by Crippen LogP contribution is 2.30. The highest BCUT2D eigenvalue weighted by molar-refractivity contribution is 7.17. The Kier molecular flexibility index (Phi) is 2.08. The number of thiophene rings is 1. The van der Waals surface area contributed by atoms with Gasteiger partial charge in [0.25, 0.3) is 0 Å². The van der Waals surface area contributed by atoms with Crippen LogP contribution in [0.4, 0.5) is 5.82 Å². The zero-order valence-corrected chi connectivity index (χ0v) is 9.24. The van der Waals surface area contributed by atoms with E-state index in [1.165, 1.54) is 10.1 Å². The van der Waals surface area contributed by atoms with Gasteiger partial charge in [-0.3, -0.25) is 0 Å². The molecular weight excluding hydrogens is 218 g/mol. The van der Waals surface area contributed by atoms with E-state index in [0.29, 0.717) is 11.6 Å². The lowest BCUT2D eigenvalue weighted by atomic mass is 10.1. The molecule has 78 valence electrons. The van der Waals surface area contributed by atoms with Gasteiger partial charge in [0.1, 0.15) is 5.82 Å². The molecule has 16 heavy (non-hydrogen) atoms. The molecule has 0 aliphatic heterocycles. The van der Waals surface area contributed by atoms with Crippen LogP contribution in [0.5, 0.6) is 0 Å². The third-order valence-electron chi connectivity index (χ3n) is 2.40. The van der Waals surface area contributed by atoms with Crippen LogP contribution in [-0.2, 0) is 0 Å². The second-order valence-corrected chi connectivity index (χ2v) is 4.37. The summed E-state index contributed by atoms with van der Waals surface area (Å²) >= 11 is 1.69. The zero-order chi connectivity index (χ0) is 11.0. The number of benzene rings is 1. The van der Waals surface area contributed by atoms with Crippen molar-refractivity contribution in [1.29, 1.82) is 0 Å². The second-order valence-electron chi connectivity index (χ2n) is 3.45. The van der Waals surface area contributed by atoms with Gasteiger partial charge in [-0.25, -0.2) is 9.97 Å². The summed E-state index contributed by atoms with van der Waals surface area (Å²) in [5.74, 6) is 1.19. The molecule has 3 rings (SSSR count). The lowest BCUT2D eigenvalue weighted by Crippen LogP contribution is -1.94. The lowest BCUT2D eigenvalue weighted by Gasteiger charge is -2.01. The number of nitrogen functional groups attached to an aromatic ring is 1. The van der Waals surface area contributed by atoms with E-state index in [9.17, 15) is 0 Å². The highest BCUT2D eigenvalue weighted by atomic mass is 32.1. The van der Waals surface area contributed by atoms with Crippen molar-refractivity contribution in [2.75, 3.05) is 5.73 Å². The number of hydrogen-bond donors (Lipinski definition) is 1. The van der Waals surface area contributed by atoms with Crippen molar-refractivity contribution in [3.05, 3.63) is 41.9 Å². The summed E-state index contributed by atoms with van der Waals surface area (Å²) < 4.78 is 1.20. The Morgan fingerprint density at radius 2 is 2.06 bits per heavy atom. The Morgan fingerprint density at radius 1 is 1.12 bits per heavy atom. The van der Waals surface area contributed by atoms with Crippen LogP contribution in [0.1, 0.15) is 0 Å². The second kappa shape index (κ2) is 3.57. The van der Waals surface area contributed by atoms with Crippen LogP contribution in [0.25, 0.3) is 21.5 Å². The lowest BCUT2D eigenvalue weighted by molar-refractivity contribution is 1.19. The molecule has 1 aromatic carbocycles. The predicted octanol–water partition coefficient (Wildman–Crippen LogP) is 2.94. The van der Waals surface area contributed by atoms with E-state index in [-0.39, 0.29) is 0 Å². The van der Waals surface area contributed by atoms with E-state index in [1.54, 1.807) is 23.6 Å². The first-order chi connectivity index (χ1) is 7.84. The van der Waals surface area contributed by atoms with Gasteiger partial charge in [0.2, 0.25) is 0 Å². The molecular formula is C12H9N3S. The van der Waals surface area contributed by atoms with Crippen LogP contribution < -0.4 is 5.73 Å². The van der Waals surface area contributed by atoms with Crippen molar-refractivity contribution in [3.63, 3.8) is 0 Å². The van der Waals surface area contributed by atoms with Gasteiger partial charge in [-0.2, -0.15) is 0 Å². The number of rotatable bonds is 1. The molecule has 0 spiro atoms. The van der Waals surface area contributed by atoms with Gasteiger partial charge in [-0.15, -0.1) is 11.3 Å². The van der Waals surface area contributed by atoms with Crippen LogP contribution in [-0.4, -0.2) is 9.97 Å². The van der Waals surface area contributed by atoms with Crippen LogP contribution in [0, 0.1) is 0 Å². The van der Waals surface area contributed by atoms with E-state index in [2.05, 4.69) is 27.5 Å². The molecule has 0 unspecified atom stereocenters. The molecule has 2 heterocycles. The maximum atomic E-state index is 5.67. The average molecular weight is 227 g/mol. The molecule has 0 radical (unpaired) electrons. The highest BCUT2D eigenvalue weighted by Gasteiger charge is 2.07. The van der Waals surface area contributed by atoms with Crippen LogP contribution in [0.3, 0.4) is 0 Å². The molecule has 0 amide bonds. The van der Waals surface area contributed by atoms with Crippen LogP contribution >= 0.6 is 11.3 Å². The first kappa shape index (κ1) is 9.30. The van der Waals surface area contributed by atoms with E-state index in [4.69, 9.17) is 5.73 Å². The number of nitrogens with zero attached hydrogens (tertiary/aromatic N) is 2. The standard InChI is InChI=1S/C12H9N3S/c13-10-4-6-14-12(15-10)9-3-1-2-8-5-7-16-11(8)9/h1-7H,(H2,13,14,15). The van der Waals surface area contributed by atoms with E-state index in [0.717, 1.165) is 5.56 Å². The molecule has 0 fully saturated rings. The maximum absolute atomic E-state index is 5.67. The summed E-state index contributed by atoms with van der Waals surface area (Å²) in [7, 11) is 0. The SMILES string of the molecule is Nc1ccnc(-c2cccc3ccsc23)n1. The topological polar surface area (TPSA) is 51.8 Å². The molecule has 0 atom stereocenters. The molecule has 4 heteroatoms. The van der Waals surface area contributed by atoms with E-state index < -0.39 is 0 Å². The Hall–Kier alpha value is -1.94. The number of anilines is 1. The van der Waals surface area contributed by atoms with Gasteiger partial charge < -0.3 is 5.73 Å². The quantitative estimate of drug-likeness (QED) is 0.695. The zero-order valence-electron chi connectivity index (χ0n) is 8.42. The van der Waals surface area contributed by atoms with Crippen molar-refractivity contribution in [2.24, 2.45) is 0 Å². The summed E-state index contributed by atoms with van der Waals surface area (Å²) in [5, 5.41) is 3.29. The summed E-state index contributed by atoms with van der Waals surface area (Å²) in [6.45, 7) is 0. The number of nitrogens with two attached hydrogens (primary N) is 1. The van der Waals surface area contributed by atoms with Gasteiger partial charge in [0, 0.05) is 16.5 Å². The van der Waals surface area contributed by atoms with E-state index >= 15 is 0 Å². The minimum atomic E-state index is 0.499. The van der Waals surface area contributed by atoms with Gasteiger partial charge in [-0.05, 0) is 29.0 Å². The summed E-state index contributed by atoms with van der Waals surface area (Å²) in [6.07, 6.45) is 1.68. The minimum Gasteiger partial charge on any atom is -0.384 e. The molecule has 0 aliphatic rings. The average Bonchev–Trinajstić information content (AvgIpc) is 2.76. The smallest absolute Gasteiger partial charge is 0.162 e. The predicted molar refractivity (Wildman–Crippen MR) is 67.3 cm³/mol. The van der Waals surface area contributed by atoms with Crippen molar-refractivity contribution in [2.45, 2.75) is 0 Å². The monoisotopic (exact) mass is 227 g/mol. The molecule has 2 aromatic heterocycles. The third-order valence-corrected chi connectivity index (χ3v) is 3.36. The Labute approximate surface area is 96.6 Å². The van der Waals surface area contributed by atoms with Crippen LogP contribution in [0.15, 0.2) is 41.9 Å². The fourth-order valence-corrected chi connectivity index (χ4v) is 2.58. The number of aromatic nitrogens is 2. The summed E-state index contributed by atoms with van der Waals surface area (Å²) in [4.78, 5) is 8.50. The Bertz CT molecular complexity index is 645. The summed E-state index contributed by atoms with van der Waals surface area (Å²) in [6, 6.07) is 9.90. The fourth-order valence-electron chi connectivity index (χ4n) is 1.67. The van der Waals surface area contributed by atoms with Crippen molar-refractivity contribution in [1.82, 2.24) is 9.97 Å². The summed E-state index contributed by atoms with van der Waals surface area (Å²) in [5.41, 5.74) is 6.71. The molecule has 0 aliphatic carbocycles. The molecule has 3 nitrogen and oxygen atoms in total. The fraction of sp³-hybridized carbons (Fsp3) is 0. The number of hydrogen-bond acceptors (Lipinski definition) is 4. The first-order valence-corrected chi connectivity index (χ1v) is 5.78. The Balaban J connectivity index is 2.29. The normalized spacial score (nSPS) is 10.8. The van der Waals surface area contributed by atoms with Crippen molar-refractivity contribution < 1.29 is 0 Å². The molecule has 0 saturated carbocycles. The van der Waals surface area contributed by atoms with Gasteiger partial charge in [-0.1, -0.05) is 12.1 Å². The van der Waals surface area contributed by atoms with Crippen LogP contribution in [0.2, 0.25) is 0 Å². The van der Waals surface area contributed by atoms with Gasteiger partial charge >= 0.3 is 0 Å². The van der Waals surface area contributed by atoms with Crippen molar-refractivity contribution >= 4 is 27.2 Å². The van der Waals surface area contributed by atoms with Gasteiger partial charge in [0.15, 0.2) is 5.82 Å². The largest absolute Gasteiger partial charge is 0.384 e. The first-order valence-electron chi connectivity index (χ1n) is 4.90. The van der Waals surface area contributed by atoms with E-state index in [1.807, 2.05) is 12.1 Å². The van der Waals surface area contributed by atoms with Crippen molar-refractivity contribution in [3.8, 4) is 11.4 Å².